The number of rotatable bonds is 2. The third-order valence-corrected chi connectivity index (χ3v) is 5.99. The average Bonchev–Trinajstić information content (AvgIpc) is 3.24. The Hall–Kier alpha value is -1.92. The number of thiophene rings is 1. The van der Waals surface area contributed by atoms with Gasteiger partial charge in [0.15, 0.2) is 0 Å². The molecule has 0 fully saturated rings. The molecule has 0 N–H and O–H groups in total. The van der Waals surface area contributed by atoms with Crippen molar-refractivity contribution in [3.63, 3.8) is 0 Å². The largest absolute Gasteiger partial charge is 0.472 e. The Morgan fingerprint density at radius 2 is 2.36 bits per heavy atom. The zero-order valence-corrected chi connectivity index (χ0v) is 13.7. The molecule has 112 valence electrons. The highest BCUT2D eigenvalue weighted by Gasteiger charge is 2.21. The molecule has 0 spiro atoms. The molecule has 1 aliphatic rings. The highest BCUT2D eigenvalue weighted by Crippen LogP contribution is 2.36. The Morgan fingerprint density at radius 3 is 3.14 bits per heavy atom. The van der Waals surface area contributed by atoms with E-state index in [0.29, 0.717) is 0 Å². The Labute approximate surface area is 136 Å². The first-order chi connectivity index (χ1) is 10.7. The monoisotopic (exact) mass is 330 g/mol. The van der Waals surface area contributed by atoms with Crippen molar-refractivity contribution < 1.29 is 9.21 Å². The minimum Gasteiger partial charge on any atom is -0.472 e. The molecule has 6 heteroatoms. The summed E-state index contributed by atoms with van der Waals surface area (Å²) in [7, 11) is 0. The van der Waals surface area contributed by atoms with Crippen LogP contribution in [-0.2, 0) is 17.8 Å². The molecule has 0 unspecified atom stereocenters. The fraction of sp³-hybridized carbons (Fsp3) is 0.250. The average molecular weight is 330 g/mol. The molecule has 3 aromatic rings. The molecule has 1 amide bonds. The molecule has 3 aromatic heterocycles. The van der Waals surface area contributed by atoms with Gasteiger partial charge in [-0.3, -0.25) is 4.79 Å². The zero-order chi connectivity index (χ0) is 15.1. The second-order valence-corrected chi connectivity index (χ2v) is 7.29. The Balaban J connectivity index is 1.63. The number of carbonyl (C=O) groups is 1. The van der Waals surface area contributed by atoms with E-state index < -0.39 is 0 Å². The van der Waals surface area contributed by atoms with Crippen molar-refractivity contribution in [3.05, 3.63) is 40.5 Å². The summed E-state index contributed by atoms with van der Waals surface area (Å²) in [5.74, 6) is 0.148. The lowest BCUT2D eigenvalue weighted by Crippen LogP contribution is -2.33. The summed E-state index contributed by atoms with van der Waals surface area (Å²) in [5, 5.41) is 3.06. The van der Waals surface area contributed by atoms with Crippen LogP contribution >= 0.6 is 22.7 Å². The SMILES string of the molecule is CC(=O)N1CCc2sc(-c3csc(-c4ccoc4)n3)cc2C1. The van der Waals surface area contributed by atoms with Gasteiger partial charge in [-0.25, -0.2) is 4.98 Å². The first-order valence-corrected chi connectivity index (χ1v) is 8.76. The van der Waals surface area contributed by atoms with E-state index in [0.717, 1.165) is 35.8 Å². The standard InChI is InChI=1S/C16H14N2O2S2/c1-10(19)18-4-2-14-12(7-18)6-15(22-14)13-9-21-16(17-13)11-3-5-20-8-11/h3,5-6,8-9H,2,4,7H2,1H3. The van der Waals surface area contributed by atoms with Gasteiger partial charge in [-0.2, -0.15) is 0 Å². The Morgan fingerprint density at radius 1 is 1.45 bits per heavy atom. The predicted octanol–water partition coefficient (Wildman–Crippen LogP) is 4.04. The van der Waals surface area contributed by atoms with Crippen molar-refractivity contribution in [2.45, 2.75) is 19.9 Å². The van der Waals surface area contributed by atoms with Crippen molar-refractivity contribution in [2.75, 3.05) is 6.54 Å². The third kappa shape index (κ3) is 2.38. The van der Waals surface area contributed by atoms with Crippen LogP contribution in [0, 0.1) is 0 Å². The summed E-state index contributed by atoms with van der Waals surface area (Å²) < 4.78 is 5.12. The van der Waals surface area contributed by atoms with Crippen molar-refractivity contribution in [1.82, 2.24) is 9.88 Å². The highest BCUT2D eigenvalue weighted by molar-refractivity contribution is 7.17. The smallest absolute Gasteiger partial charge is 0.219 e. The van der Waals surface area contributed by atoms with Crippen LogP contribution in [0.3, 0.4) is 0 Å². The van der Waals surface area contributed by atoms with Crippen LogP contribution in [0.15, 0.2) is 34.5 Å². The van der Waals surface area contributed by atoms with E-state index in [1.807, 2.05) is 11.0 Å². The van der Waals surface area contributed by atoms with Crippen LogP contribution in [0.25, 0.3) is 21.1 Å². The van der Waals surface area contributed by atoms with Crippen LogP contribution < -0.4 is 0 Å². The maximum atomic E-state index is 11.5. The Kier molecular flexibility index (Phi) is 3.35. The molecule has 0 saturated heterocycles. The van der Waals surface area contributed by atoms with Crippen LogP contribution in [0.1, 0.15) is 17.4 Å². The molecule has 0 saturated carbocycles. The second kappa shape index (κ2) is 5.37. The van der Waals surface area contributed by atoms with E-state index in [-0.39, 0.29) is 5.91 Å². The summed E-state index contributed by atoms with van der Waals surface area (Å²) in [5.41, 5.74) is 3.29. The molecule has 1 aliphatic heterocycles. The van der Waals surface area contributed by atoms with Gasteiger partial charge in [0.05, 0.1) is 16.8 Å². The fourth-order valence-corrected chi connectivity index (χ4v) is 4.64. The van der Waals surface area contributed by atoms with E-state index >= 15 is 0 Å². The number of amides is 1. The normalized spacial score (nSPS) is 14.1. The molecular formula is C16H14N2O2S2. The maximum Gasteiger partial charge on any atom is 0.219 e. The minimum atomic E-state index is 0.148. The number of carbonyl (C=O) groups excluding carboxylic acids is 1. The molecule has 4 rings (SSSR count). The number of hydrogen-bond donors (Lipinski definition) is 0. The van der Waals surface area contributed by atoms with E-state index in [9.17, 15) is 4.79 Å². The molecule has 0 bridgehead atoms. The number of fused-ring (bicyclic) bond motifs is 1. The number of thiazole rings is 1. The number of aromatic nitrogens is 1. The van der Waals surface area contributed by atoms with Crippen molar-refractivity contribution in [1.29, 1.82) is 0 Å². The summed E-state index contributed by atoms with van der Waals surface area (Å²) in [6.45, 7) is 3.18. The predicted molar refractivity (Wildman–Crippen MR) is 87.9 cm³/mol. The lowest BCUT2D eigenvalue weighted by Gasteiger charge is -2.25. The quantitative estimate of drug-likeness (QED) is 0.712. The Bertz CT molecular complexity index is 817. The number of nitrogens with zero attached hydrogens (tertiary/aromatic N) is 2. The summed E-state index contributed by atoms with van der Waals surface area (Å²) in [6.07, 6.45) is 4.32. The van der Waals surface area contributed by atoms with Crippen LogP contribution in [-0.4, -0.2) is 22.3 Å². The molecule has 0 aromatic carbocycles. The molecule has 0 aliphatic carbocycles. The summed E-state index contributed by atoms with van der Waals surface area (Å²) in [4.78, 5) is 20.7. The van der Waals surface area contributed by atoms with Gasteiger partial charge >= 0.3 is 0 Å². The van der Waals surface area contributed by atoms with Gasteiger partial charge in [-0.1, -0.05) is 0 Å². The minimum absolute atomic E-state index is 0.148. The first kappa shape index (κ1) is 13.7. The number of hydrogen-bond acceptors (Lipinski definition) is 5. The molecule has 0 radical (unpaired) electrons. The van der Waals surface area contributed by atoms with E-state index in [2.05, 4.69) is 11.4 Å². The summed E-state index contributed by atoms with van der Waals surface area (Å²) >= 11 is 3.42. The molecular weight excluding hydrogens is 316 g/mol. The van der Waals surface area contributed by atoms with E-state index in [1.165, 1.54) is 15.3 Å². The topological polar surface area (TPSA) is 46.3 Å². The van der Waals surface area contributed by atoms with Crippen LogP contribution in [0.4, 0.5) is 0 Å². The van der Waals surface area contributed by atoms with Gasteiger partial charge in [-0.15, -0.1) is 22.7 Å². The lowest BCUT2D eigenvalue weighted by atomic mass is 10.1. The second-order valence-electron chi connectivity index (χ2n) is 5.30. The van der Waals surface area contributed by atoms with Gasteiger partial charge in [-0.05, 0) is 24.1 Å². The third-order valence-electron chi connectivity index (χ3n) is 3.84. The van der Waals surface area contributed by atoms with Crippen LogP contribution in [0.2, 0.25) is 0 Å². The van der Waals surface area contributed by atoms with Gasteiger partial charge < -0.3 is 9.32 Å². The van der Waals surface area contributed by atoms with E-state index in [4.69, 9.17) is 9.40 Å². The molecule has 4 nitrogen and oxygen atoms in total. The van der Waals surface area contributed by atoms with Gasteiger partial charge in [0, 0.05) is 35.8 Å². The maximum absolute atomic E-state index is 11.5. The highest BCUT2D eigenvalue weighted by atomic mass is 32.1. The zero-order valence-electron chi connectivity index (χ0n) is 12.0. The molecule has 22 heavy (non-hydrogen) atoms. The van der Waals surface area contributed by atoms with Crippen molar-refractivity contribution in [3.8, 4) is 21.1 Å². The van der Waals surface area contributed by atoms with Gasteiger partial charge in [0.2, 0.25) is 5.91 Å². The van der Waals surface area contributed by atoms with Gasteiger partial charge in [0.1, 0.15) is 11.3 Å². The molecule has 4 heterocycles. The van der Waals surface area contributed by atoms with Gasteiger partial charge in [0.25, 0.3) is 0 Å². The lowest BCUT2D eigenvalue weighted by molar-refractivity contribution is -0.129. The number of furan rings is 1. The fourth-order valence-electron chi connectivity index (χ4n) is 2.63. The van der Waals surface area contributed by atoms with Crippen molar-refractivity contribution >= 4 is 28.6 Å². The first-order valence-electron chi connectivity index (χ1n) is 7.06. The van der Waals surface area contributed by atoms with Crippen molar-refractivity contribution in [2.24, 2.45) is 0 Å². The molecule has 0 atom stereocenters. The van der Waals surface area contributed by atoms with Crippen LogP contribution in [0.5, 0.6) is 0 Å². The van der Waals surface area contributed by atoms with E-state index in [1.54, 1.807) is 42.1 Å². The summed E-state index contributed by atoms with van der Waals surface area (Å²) in [6, 6.07) is 4.11.